The van der Waals surface area contributed by atoms with Gasteiger partial charge in [0.25, 0.3) is 10.1 Å². The lowest BCUT2D eigenvalue weighted by Gasteiger charge is -2.24. The predicted octanol–water partition coefficient (Wildman–Crippen LogP) is 2.94. The van der Waals surface area contributed by atoms with Crippen LogP contribution in [0, 0.1) is 5.92 Å². The van der Waals surface area contributed by atoms with Crippen molar-refractivity contribution in [1.29, 1.82) is 0 Å². The molecule has 1 aromatic rings. The number of benzene rings is 1. The minimum atomic E-state index is -3.55. The van der Waals surface area contributed by atoms with Crippen LogP contribution < -0.4 is 0 Å². The number of hydrogen-bond acceptors (Lipinski definition) is 6. The van der Waals surface area contributed by atoms with Gasteiger partial charge in [-0.05, 0) is 37.7 Å². The zero-order chi connectivity index (χ0) is 22.0. The molecular weight excluding hydrogens is 406 g/mol. The first-order valence-electron chi connectivity index (χ1n) is 10.6. The molecule has 1 aliphatic rings. The number of methoxy groups -OCH3 is 1. The molecule has 2 rings (SSSR count). The van der Waals surface area contributed by atoms with Crippen LogP contribution >= 0.6 is 0 Å². The maximum atomic E-state index is 12.9. The molecule has 7 nitrogen and oxygen atoms in total. The molecule has 1 saturated heterocycles. The van der Waals surface area contributed by atoms with E-state index < -0.39 is 10.1 Å². The molecule has 1 aromatic carbocycles. The number of rotatable bonds is 13. The maximum Gasteiger partial charge on any atom is 0.305 e. The standard InChI is InChI=1S/C22H33NO6S/c1-28-21(24)14-8-4-7-13-19-16-20(17-29-30(2,26)27)23(22(19)25)15-9-12-18-10-5-3-6-11-18/h3,5-6,10-11,19-20H,4,7-9,12-17H2,1-2H3/t19-,20+/m1/s1. The van der Waals surface area contributed by atoms with Crippen molar-refractivity contribution < 1.29 is 26.9 Å². The fourth-order valence-electron chi connectivity index (χ4n) is 3.90. The van der Waals surface area contributed by atoms with Crippen LogP contribution in [0.3, 0.4) is 0 Å². The van der Waals surface area contributed by atoms with Crippen molar-refractivity contribution in [2.45, 2.75) is 57.4 Å². The molecule has 0 spiro atoms. The fraction of sp³-hybridized carbons (Fsp3) is 0.636. The van der Waals surface area contributed by atoms with E-state index in [1.807, 2.05) is 18.2 Å². The van der Waals surface area contributed by atoms with Gasteiger partial charge in [-0.2, -0.15) is 8.42 Å². The van der Waals surface area contributed by atoms with E-state index in [2.05, 4.69) is 16.9 Å². The Morgan fingerprint density at radius 1 is 1.13 bits per heavy atom. The highest BCUT2D eigenvalue weighted by Gasteiger charge is 2.39. The van der Waals surface area contributed by atoms with E-state index >= 15 is 0 Å². The van der Waals surface area contributed by atoms with Crippen LogP contribution in [0.15, 0.2) is 30.3 Å². The SMILES string of the molecule is COC(=O)CCCCC[C@@H]1C[C@@H](COS(C)(=O)=O)N(CCCc2ccccc2)C1=O. The molecule has 1 amide bonds. The van der Waals surface area contributed by atoms with Crippen molar-refractivity contribution in [3.05, 3.63) is 35.9 Å². The number of likely N-dealkylation sites (tertiary alicyclic amines) is 1. The number of unbranched alkanes of at least 4 members (excludes halogenated alkanes) is 2. The number of amides is 1. The van der Waals surface area contributed by atoms with Crippen molar-refractivity contribution in [3.63, 3.8) is 0 Å². The van der Waals surface area contributed by atoms with E-state index in [1.165, 1.54) is 12.7 Å². The average Bonchev–Trinajstić information content (AvgIpc) is 3.01. The summed E-state index contributed by atoms with van der Waals surface area (Å²) in [5.41, 5.74) is 1.22. The van der Waals surface area contributed by atoms with Gasteiger partial charge in [-0.15, -0.1) is 0 Å². The average molecular weight is 440 g/mol. The van der Waals surface area contributed by atoms with Gasteiger partial charge in [0.15, 0.2) is 0 Å². The summed E-state index contributed by atoms with van der Waals surface area (Å²) in [6.45, 7) is 0.596. The second-order valence-corrected chi connectivity index (χ2v) is 9.52. The Morgan fingerprint density at radius 3 is 2.53 bits per heavy atom. The van der Waals surface area contributed by atoms with Gasteiger partial charge < -0.3 is 9.64 Å². The molecule has 1 fully saturated rings. The first-order chi connectivity index (χ1) is 14.3. The molecule has 0 unspecified atom stereocenters. The predicted molar refractivity (Wildman–Crippen MR) is 114 cm³/mol. The van der Waals surface area contributed by atoms with Crippen LogP contribution in [0.4, 0.5) is 0 Å². The lowest BCUT2D eigenvalue weighted by atomic mass is 9.97. The number of nitrogens with zero attached hydrogens (tertiary/aromatic N) is 1. The van der Waals surface area contributed by atoms with Crippen LogP contribution in [-0.4, -0.2) is 57.8 Å². The molecule has 0 radical (unpaired) electrons. The van der Waals surface area contributed by atoms with Crippen LogP contribution in [0.1, 0.15) is 50.5 Å². The summed E-state index contributed by atoms with van der Waals surface area (Å²) in [6, 6.07) is 9.87. The van der Waals surface area contributed by atoms with E-state index in [0.29, 0.717) is 19.4 Å². The van der Waals surface area contributed by atoms with Gasteiger partial charge in [0.2, 0.25) is 5.91 Å². The quantitative estimate of drug-likeness (QED) is 0.267. The second kappa shape index (κ2) is 12.1. The molecule has 2 atom stereocenters. The van der Waals surface area contributed by atoms with Crippen LogP contribution in [0.5, 0.6) is 0 Å². The lowest BCUT2D eigenvalue weighted by Crippen LogP contribution is -2.38. The third kappa shape index (κ3) is 8.44. The lowest BCUT2D eigenvalue weighted by molar-refractivity contribution is -0.140. The fourth-order valence-corrected chi connectivity index (χ4v) is 4.31. The monoisotopic (exact) mass is 439 g/mol. The Balaban J connectivity index is 1.86. The highest BCUT2D eigenvalue weighted by Crippen LogP contribution is 2.30. The number of carbonyl (C=O) groups excluding carboxylic acids is 2. The second-order valence-electron chi connectivity index (χ2n) is 7.87. The van der Waals surface area contributed by atoms with Gasteiger partial charge in [0, 0.05) is 18.9 Å². The number of esters is 1. The maximum absolute atomic E-state index is 12.9. The first kappa shape index (κ1) is 24.3. The number of carbonyl (C=O) groups is 2. The van der Waals surface area contributed by atoms with E-state index in [4.69, 9.17) is 4.18 Å². The minimum Gasteiger partial charge on any atom is -0.469 e. The Morgan fingerprint density at radius 2 is 1.87 bits per heavy atom. The van der Waals surface area contributed by atoms with Crippen LogP contribution in [0.25, 0.3) is 0 Å². The van der Waals surface area contributed by atoms with Crippen LogP contribution in [0.2, 0.25) is 0 Å². The summed E-state index contributed by atoms with van der Waals surface area (Å²) in [7, 11) is -2.17. The zero-order valence-corrected chi connectivity index (χ0v) is 18.7. The molecule has 168 valence electrons. The normalized spacial score (nSPS) is 19.3. The highest BCUT2D eigenvalue weighted by atomic mass is 32.2. The summed E-state index contributed by atoms with van der Waals surface area (Å²) >= 11 is 0. The van der Waals surface area contributed by atoms with E-state index in [9.17, 15) is 18.0 Å². The number of hydrogen-bond donors (Lipinski definition) is 0. The van der Waals surface area contributed by atoms with Crippen molar-refractivity contribution in [2.75, 3.05) is 26.5 Å². The van der Waals surface area contributed by atoms with Crippen LogP contribution in [-0.2, 0) is 35.0 Å². The molecule has 1 heterocycles. The van der Waals surface area contributed by atoms with E-state index in [1.54, 1.807) is 4.90 Å². The smallest absolute Gasteiger partial charge is 0.305 e. The summed E-state index contributed by atoms with van der Waals surface area (Å²) < 4.78 is 32.5. The molecule has 8 heteroatoms. The third-order valence-corrected chi connectivity index (χ3v) is 6.04. The summed E-state index contributed by atoms with van der Waals surface area (Å²) in [6.07, 6.45) is 6.91. The summed E-state index contributed by atoms with van der Waals surface area (Å²) in [5, 5.41) is 0. The van der Waals surface area contributed by atoms with Crippen molar-refractivity contribution in [3.8, 4) is 0 Å². The number of aryl methyl sites for hydroxylation is 1. The van der Waals surface area contributed by atoms with Crippen molar-refractivity contribution in [1.82, 2.24) is 4.90 Å². The van der Waals surface area contributed by atoms with Gasteiger partial charge in [0.1, 0.15) is 0 Å². The van der Waals surface area contributed by atoms with E-state index in [-0.39, 0.29) is 30.4 Å². The van der Waals surface area contributed by atoms with E-state index in [0.717, 1.165) is 44.8 Å². The Bertz CT molecular complexity index is 780. The molecule has 1 aliphatic heterocycles. The molecule has 0 aliphatic carbocycles. The summed E-state index contributed by atoms with van der Waals surface area (Å²) in [4.78, 5) is 25.9. The molecule has 0 bridgehead atoms. The third-order valence-electron chi connectivity index (χ3n) is 5.47. The highest BCUT2D eigenvalue weighted by molar-refractivity contribution is 7.85. The largest absolute Gasteiger partial charge is 0.469 e. The van der Waals surface area contributed by atoms with Gasteiger partial charge in [0.05, 0.1) is 26.0 Å². The van der Waals surface area contributed by atoms with Gasteiger partial charge in [-0.3, -0.25) is 13.8 Å². The van der Waals surface area contributed by atoms with Crippen molar-refractivity contribution in [2.24, 2.45) is 5.92 Å². The van der Waals surface area contributed by atoms with Crippen molar-refractivity contribution >= 4 is 22.0 Å². The summed E-state index contributed by atoms with van der Waals surface area (Å²) in [5.74, 6) is -0.249. The topological polar surface area (TPSA) is 90.0 Å². The Hall–Kier alpha value is -1.93. The van der Waals surface area contributed by atoms with Gasteiger partial charge in [-0.1, -0.05) is 43.2 Å². The zero-order valence-electron chi connectivity index (χ0n) is 17.9. The first-order valence-corrected chi connectivity index (χ1v) is 12.4. The molecular formula is C22H33NO6S. The van der Waals surface area contributed by atoms with Gasteiger partial charge >= 0.3 is 5.97 Å². The molecule has 0 aromatic heterocycles. The molecule has 0 saturated carbocycles. The Kier molecular flexibility index (Phi) is 9.78. The molecule has 0 N–H and O–H groups in total. The minimum absolute atomic E-state index is 0.00868. The van der Waals surface area contributed by atoms with Gasteiger partial charge in [-0.25, -0.2) is 0 Å². The molecule has 30 heavy (non-hydrogen) atoms. The Labute approximate surface area is 179 Å². The number of ether oxygens (including phenoxy) is 1.